The van der Waals surface area contributed by atoms with E-state index in [1.807, 2.05) is 23.2 Å². The number of pyridine rings is 1. The Balaban J connectivity index is 1.79. The third kappa shape index (κ3) is 4.60. The van der Waals surface area contributed by atoms with E-state index in [0.29, 0.717) is 12.3 Å². The number of hydrogen-bond acceptors (Lipinski definition) is 3. The summed E-state index contributed by atoms with van der Waals surface area (Å²) in [5.41, 5.74) is 1.14. The molecule has 1 aromatic heterocycles. The molecule has 0 aliphatic carbocycles. The molecule has 1 amide bonds. The van der Waals surface area contributed by atoms with Crippen molar-refractivity contribution >= 4 is 5.91 Å². The molecule has 110 valence electrons. The van der Waals surface area contributed by atoms with Crippen molar-refractivity contribution in [1.82, 2.24) is 15.2 Å². The monoisotopic (exact) mass is 275 g/mol. The van der Waals surface area contributed by atoms with Crippen LogP contribution in [0.15, 0.2) is 24.5 Å². The quantitative estimate of drug-likeness (QED) is 0.862. The van der Waals surface area contributed by atoms with Crippen LogP contribution in [0.4, 0.5) is 0 Å². The van der Waals surface area contributed by atoms with E-state index in [9.17, 15) is 4.79 Å². The number of aryl methyl sites for hydroxylation is 1. The highest BCUT2D eigenvalue weighted by Gasteiger charge is 2.19. The van der Waals surface area contributed by atoms with Crippen LogP contribution in [0.25, 0.3) is 0 Å². The molecule has 1 unspecified atom stereocenters. The van der Waals surface area contributed by atoms with Gasteiger partial charge >= 0.3 is 0 Å². The highest BCUT2D eigenvalue weighted by molar-refractivity contribution is 5.76. The minimum atomic E-state index is 0.266. The molecule has 20 heavy (non-hydrogen) atoms. The van der Waals surface area contributed by atoms with E-state index in [0.717, 1.165) is 38.2 Å². The number of nitrogens with zero attached hydrogens (tertiary/aromatic N) is 2. The lowest BCUT2D eigenvalue weighted by molar-refractivity contribution is -0.131. The fraction of sp³-hybridized carbons (Fsp3) is 0.625. The summed E-state index contributed by atoms with van der Waals surface area (Å²) in [6, 6.07) is 3.95. The van der Waals surface area contributed by atoms with Crippen molar-refractivity contribution in [2.75, 3.05) is 26.2 Å². The molecule has 0 saturated carbocycles. The van der Waals surface area contributed by atoms with Crippen molar-refractivity contribution in [3.63, 3.8) is 0 Å². The highest BCUT2D eigenvalue weighted by atomic mass is 16.2. The van der Waals surface area contributed by atoms with Gasteiger partial charge in [0.05, 0.1) is 0 Å². The van der Waals surface area contributed by atoms with Crippen LogP contribution in [0.3, 0.4) is 0 Å². The Labute approximate surface area is 121 Å². The molecule has 1 N–H and O–H groups in total. The zero-order valence-corrected chi connectivity index (χ0v) is 12.3. The number of carbonyl (C=O) groups excluding carboxylic acids is 1. The number of piperidine rings is 1. The van der Waals surface area contributed by atoms with Crippen LogP contribution in [0.5, 0.6) is 0 Å². The molecule has 4 heteroatoms. The van der Waals surface area contributed by atoms with Gasteiger partial charge in [-0.15, -0.1) is 0 Å². The van der Waals surface area contributed by atoms with Crippen LogP contribution >= 0.6 is 0 Å². The summed E-state index contributed by atoms with van der Waals surface area (Å²) in [5, 5.41) is 3.41. The molecule has 1 aliphatic heterocycles. The maximum absolute atomic E-state index is 12.3. The highest BCUT2D eigenvalue weighted by Crippen LogP contribution is 2.13. The van der Waals surface area contributed by atoms with Crippen LogP contribution < -0.4 is 5.32 Å². The first-order chi connectivity index (χ1) is 9.79. The first-order valence-corrected chi connectivity index (χ1v) is 7.67. The molecule has 1 aromatic rings. The van der Waals surface area contributed by atoms with E-state index in [2.05, 4.69) is 17.2 Å². The number of carbonyl (C=O) groups is 1. The molecular weight excluding hydrogens is 250 g/mol. The molecule has 2 rings (SSSR count). The Kier molecular flexibility index (Phi) is 5.99. The van der Waals surface area contributed by atoms with Gasteiger partial charge in [0.2, 0.25) is 5.91 Å². The second-order valence-corrected chi connectivity index (χ2v) is 5.51. The standard InChI is InChI=1S/C16H25N3O/c1-2-19(13-15-6-4-10-18-12-15)16(20)8-7-14-5-3-9-17-11-14/h3,5,9,11,15,18H,2,4,6-8,10,12-13H2,1H3. The maximum Gasteiger partial charge on any atom is 0.222 e. The predicted octanol–water partition coefficient (Wildman–Crippen LogP) is 1.86. The summed E-state index contributed by atoms with van der Waals surface area (Å²) in [4.78, 5) is 18.4. The van der Waals surface area contributed by atoms with Gasteiger partial charge in [-0.1, -0.05) is 6.07 Å². The van der Waals surface area contributed by atoms with E-state index < -0.39 is 0 Å². The van der Waals surface area contributed by atoms with Crippen LogP contribution in [-0.4, -0.2) is 42.0 Å². The average molecular weight is 275 g/mol. The number of hydrogen-bond donors (Lipinski definition) is 1. The minimum Gasteiger partial charge on any atom is -0.343 e. The summed E-state index contributed by atoms with van der Waals surface area (Å²) in [5.74, 6) is 0.882. The Morgan fingerprint density at radius 3 is 3.10 bits per heavy atom. The number of rotatable bonds is 6. The first-order valence-electron chi connectivity index (χ1n) is 7.67. The van der Waals surface area contributed by atoms with Crippen molar-refractivity contribution in [3.8, 4) is 0 Å². The molecule has 1 atom stereocenters. The Hall–Kier alpha value is -1.42. The van der Waals surface area contributed by atoms with Gasteiger partial charge in [0.1, 0.15) is 0 Å². The van der Waals surface area contributed by atoms with Gasteiger partial charge in [0.25, 0.3) is 0 Å². The topological polar surface area (TPSA) is 45.2 Å². The molecule has 0 spiro atoms. The molecule has 1 fully saturated rings. The number of aromatic nitrogens is 1. The van der Waals surface area contributed by atoms with Crippen molar-refractivity contribution in [3.05, 3.63) is 30.1 Å². The lowest BCUT2D eigenvalue weighted by Crippen LogP contribution is -2.41. The second kappa shape index (κ2) is 8.00. The zero-order chi connectivity index (χ0) is 14.2. The van der Waals surface area contributed by atoms with E-state index in [-0.39, 0.29) is 5.91 Å². The average Bonchev–Trinajstić information content (AvgIpc) is 2.52. The molecule has 0 radical (unpaired) electrons. The third-order valence-electron chi connectivity index (χ3n) is 3.96. The maximum atomic E-state index is 12.3. The summed E-state index contributed by atoms with van der Waals surface area (Å²) in [6.07, 6.45) is 7.44. The van der Waals surface area contributed by atoms with Gasteiger partial charge in [-0.3, -0.25) is 9.78 Å². The van der Waals surface area contributed by atoms with Gasteiger partial charge in [0.15, 0.2) is 0 Å². The molecule has 2 heterocycles. The third-order valence-corrected chi connectivity index (χ3v) is 3.96. The van der Waals surface area contributed by atoms with Gasteiger partial charge in [-0.2, -0.15) is 0 Å². The predicted molar refractivity (Wildman–Crippen MR) is 80.4 cm³/mol. The SMILES string of the molecule is CCN(CC1CCCNC1)C(=O)CCc1cccnc1. The van der Waals surface area contributed by atoms with Gasteiger partial charge in [-0.05, 0) is 56.8 Å². The summed E-state index contributed by atoms with van der Waals surface area (Å²) in [6.45, 7) is 5.94. The largest absolute Gasteiger partial charge is 0.343 e. The zero-order valence-electron chi connectivity index (χ0n) is 12.3. The van der Waals surface area contributed by atoms with E-state index >= 15 is 0 Å². The lowest BCUT2D eigenvalue weighted by atomic mass is 9.99. The summed E-state index contributed by atoms with van der Waals surface area (Å²) in [7, 11) is 0. The van der Waals surface area contributed by atoms with Crippen LogP contribution in [0, 0.1) is 5.92 Å². The molecular formula is C16H25N3O. The molecule has 4 nitrogen and oxygen atoms in total. The minimum absolute atomic E-state index is 0.266. The molecule has 1 aliphatic rings. The van der Waals surface area contributed by atoms with Crippen molar-refractivity contribution in [2.24, 2.45) is 5.92 Å². The fourth-order valence-electron chi connectivity index (χ4n) is 2.75. The van der Waals surface area contributed by atoms with Gasteiger partial charge < -0.3 is 10.2 Å². The van der Waals surface area contributed by atoms with Gasteiger partial charge in [-0.25, -0.2) is 0 Å². The molecule has 1 saturated heterocycles. The van der Waals surface area contributed by atoms with Crippen molar-refractivity contribution in [2.45, 2.75) is 32.6 Å². The smallest absolute Gasteiger partial charge is 0.222 e. The van der Waals surface area contributed by atoms with E-state index in [4.69, 9.17) is 0 Å². The first kappa shape index (κ1) is 15.0. The van der Waals surface area contributed by atoms with Crippen molar-refractivity contribution in [1.29, 1.82) is 0 Å². The van der Waals surface area contributed by atoms with Crippen LogP contribution in [-0.2, 0) is 11.2 Å². The number of amides is 1. The molecule has 0 bridgehead atoms. The van der Waals surface area contributed by atoms with Gasteiger partial charge in [0, 0.05) is 31.9 Å². The second-order valence-electron chi connectivity index (χ2n) is 5.51. The Morgan fingerprint density at radius 1 is 1.55 bits per heavy atom. The van der Waals surface area contributed by atoms with Crippen LogP contribution in [0.2, 0.25) is 0 Å². The summed E-state index contributed by atoms with van der Waals surface area (Å²) >= 11 is 0. The van der Waals surface area contributed by atoms with Crippen LogP contribution in [0.1, 0.15) is 31.7 Å². The normalized spacial score (nSPS) is 18.8. The summed E-state index contributed by atoms with van der Waals surface area (Å²) < 4.78 is 0. The van der Waals surface area contributed by atoms with E-state index in [1.54, 1.807) is 6.20 Å². The fourth-order valence-corrected chi connectivity index (χ4v) is 2.75. The Morgan fingerprint density at radius 2 is 2.45 bits per heavy atom. The van der Waals surface area contributed by atoms with Crippen molar-refractivity contribution < 1.29 is 4.79 Å². The lowest BCUT2D eigenvalue weighted by Gasteiger charge is -2.29. The molecule has 0 aromatic carbocycles. The Bertz CT molecular complexity index is 401. The number of nitrogens with one attached hydrogen (secondary N) is 1. The van der Waals surface area contributed by atoms with E-state index in [1.165, 1.54) is 12.8 Å².